The number of alkyl halides is 3. The van der Waals surface area contributed by atoms with Crippen LogP contribution in [0.25, 0.3) is 0 Å². The summed E-state index contributed by atoms with van der Waals surface area (Å²) in [6, 6.07) is 8.56. The number of pyridine rings is 1. The number of piperidine rings is 1. The molecule has 3 rings (SSSR count). The molecule has 0 bridgehead atoms. The quantitative estimate of drug-likeness (QED) is 0.862. The number of rotatable bonds is 4. The first-order valence-electron chi connectivity index (χ1n) is 8.82. The Morgan fingerprint density at radius 1 is 1.22 bits per heavy atom. The van der Waals surface area contributed by atoms with Crippen molar-refractivity contribution in [3.8, 4) is 0 Å². The molecule has 1 aromatic heterocycles. The Kier molecular flexibility index (Phi) is 5.51. The van der Waals surface area contributed by atoms with Crippen molar-refractivity contribution in [2.24, 2.45) is 5.92 Å². The number of aromatic nitrogens is 1. The SMILES string of the molecule is Cc1ccc(C(c2cccc(C(F)(F)F)c2)N2CCC(C(=O)O)CC2)nc1. The minimum absolute atomic E-state index is 0.408. The molecule has 0 aliphatic carbocycles. The molecule has 1 saturated heterocycles. The van der Waals surface area contributed by atoms with E-state index in [4.69, 9.17) is 0 Å². The van der Waals surface area contributed by atoms with Gasteiger partial charge in [-0.05, 0) is 62.2 Å². The van der Waals surface area contributed by atoms with Gasteiger partial charge in [0.05, 0.1) is 23.2 Å². The highest BCUT2D eigenvalue weighted by atomic mass is 19.4. The third-order valence-corrected chi connectivity index (χ3v) is 4.99. The lowest BCUT2D eigenvalue weighted by Crippen LogP contribution is -2.39. The van der Waals surface area contributed by atoms with Crippen LogP contribution in [-0.4, -0.2) is 34.0 Å². The molecule has 0 radical (unpaired) electrons. The number of carboxylic acid groups (broad SMARTS) is 1. The lowest BCUT2D eigenvalue weighted by atomic mass is 9.92. The summed E-state index contributed by atoms with van der Waals surface area (Å²) in [6.07, 6.45) is -1.79. The standard InChI is InChI=1S/C20H21F3N2O2/c1-13-5-6-17(24-12-13)18(25-9-7-14(8-10-25)19(26)27)15-3-2-4-16(11-15)20(21,22)23/h2-6,11-12,14,18H,7-10H2,1H3,(H,26,27). The van der Waals surface area contributed by atoms with E-state index >= 15 is 0 Å². The van der Waals surface area contributed by atoms with Crippen LogP contribution in [0.5, 0.6) is 0 Å². The molecule has 7 heteroatoms. The molecule has 0 spiro atoms. The molecule has 1 aromatic carbocycles. The van der Waals surface area contributed by atoms with Crippen LogP contribution in [0.1, 0.15) is 41.3 Å². The van der Waals surface area contributed by atoms with Gasteiger partial charge in [0.2, 0.25) is 0 Å². The van der Waals surface area contributed by atoms with Crippen molar-refractivity contribution < 1.29 is 23.1 Å². The Morgan fingerprint density at radius 3 is 2.48 bits per heavy atom. The van der Waals surface area contributed by atoms with E-state index in [1.807, 2.05) is 24.0 Å². The number of halogens is 3. The number of aliphatic carboxylic acids is 1. The van der Waals surface area contributed by atoms with Gasteiger partial charge >= 0.3 is 12.1 Å². The number of hydrogen-bond donors (Lipinski definition) is 1. The topological polar surface area (TPSA) is 53.4 Å². The molecule has 4 nitrogen and oxygen atoms in total. The van der Waals surface area contributed by atoms with E-state index in [0.29, 0.717) is 37.2 Å². The third kappa shape index (κ3) is 4.47. The number of carboxylic acids is 1. The molecule has 2 aromatic rings. The molecule has 0 amide bonds. The van der Waals surface area contributed by atoms with Crippen molar-refractivity contribution in [2.75, 3.05) is 13.1 Å². The maximum Gasteiger partial charge on any atom is 0.416 e. The number of aryl methyl sites for hydroxylation is 1. The number of nitrogens with zero attached hydrogens (tertiary/aromatic N) is 2. The van der Waals surface area contributed by atoms with Crippen molar-refractivity contribution in [1.82, 2.24) is 9.88 Å². The van der Waals surface area contributed by atoms with E-state index < -0.39 is 29.7 Å². The average molecular weight is 378 g/mol. The van der Waals surface area contributed by atoms with Gasteiger partial charge in [-0.1, -0.05) is 18.2 Å². The molecule has 1 fully saturated rings. The molecule has 27 heavy (non-hydrogen) atoms. The fraction of sp³-hybridized carbons (Fsp3) is 0.400. The molecular formula is C20H21F3N2O2. The van der Waals surface area contributed by atoms with E-state index in [1.54, 1.807) is 12.3 Å². The van der Waals surface area contributed by atoms with Gasteiger partial charge < -0.3 is 5.11 Å². The lowest BCUT2D eigenvalue weighted by Gasteiger charge is -2.36. The molecule has 1 unspecified atom stereocenters. The van der Waals surface area contributed by atoms with Crippen molar-refractivity contribution >= 4 is 5.97 Å². The Labute approximate surface area is 155 Å². The Hall–Kier alpha value is -2.41. The van der Waals surface area contributed by atoms with Crippen LogP contribution in [0.3, 0.4) is 0 Å². The van der Waals surface area contributed by atoms with Crippen molar-refractivity contribution in [3.63, 3.8) is 0 Å². The zero-order chi connectivity index (χ0) is 19.6. The smallest absolute Gasteiger partial charge is 0.416 e. The highest BCUT2D eigenvalue weighted by molar-refractivity contribution is 5.70. The fourth-order valence-corrected chi connectivity index (χ4v) is 3.50. The number of likely N-dealkylation sites (tertiary alicyclic amines) is 1. The second kappa shape index (κ2) is 7.68. The zero-order valence-corrected chi connectivity index (χ0v) is 14.9. The highest BCUT2D eigenvalue weighted by Gasteiger charge is 2.34. The van der Waals surface area contributed by atoms with Crippen LogP contribution in [0.4, 0.5) is 13.2 Å². The Balaban J connectivity index is 1.96. The second-order valence-electron chi connectivity index (χ2n) is 6.93. The van der Waals surface area contributed by atoms with E-state index in [-0.39, 0.29) is 0 Å². The summed E-state index contributed by atoms with van der Waals surface area (Å²) in [7, 11) is 0. The van der Waals surface area contributed by atoms with Gasteiger partial charge in [0.1, 0.15) is 0 Å². The predicted octanol–water partition coefficient (Wildman–Crippen LogP) is 4.29. The minimum Gasteiger partial charge on any atom is -0.481 e. The second-order valence-corrected chi connectivity index (χ2v) is 6.93. The third-order valence-electron chi connectivity index (χ3n) is 4.99. The van der Waals surface area contributed by atoms with Gasteiger partial charge in [0.15, 0.2) is 0 Å². The van der Waals surface area contributed by atoms with Crippen molar-refractivity contribution in [3.05, 3.63) is 65.0 Å². The maximum atomic E-state index is 13.2. The Morgan fingerprint density at radius 2 is 1.93 bits per heavy atom. The molecule has 2 heterocycles. The van der Waals surface area contributed by atoms with Crippen molar-refractivity contribution in [1.29, 1.82) is 0 Å². The number of carbonyl (C=O) groups is 1. The zero-order valence-electron chi connectivity index (χ0n) is 14.9. The van der Waals surface area contributed by atoms with Crippen molar-refractivity contribution in [2.45, 2.75) is 32.0 Å². The molecule has 0 saturated carbocycles. The summed E-state index contributed by atoms with van der Waals surface area (Å²) in [6.45, 7) is 2.88. The van der Waals surface area contributed by atoms with Crippen LogP contribution in [0.2, 0.25) is 0 Å². The van der Waals surface area contributed by atoms with Crippen LogP contribution in [-0.2, 0) is 11.0 Å². The van der Waals surface area contributed by atoms with Crippen LogP contribution < -0.4 is 0 Å². The van der Waals surface area contributed by atoms with Gasteiger partial charge in [-0.2, -0.15) is 13.2 Å². The summed E-state index contributed by atoms with van der Waals surface area (Å²) in [5.41, 5.74) is 1.44. The lowest BCUT2D eigenvalue weighted by molar-refractivity contribution is -0.143. The molecule has 1 aliphatic heterocycles. The maximum absolute atomic E-state index is 13.2. The normalized spacial score (nSPS) is 17.6. The van der Waals surface area contributed by atoms with Gasteiger partial charge in [-0.3, -0.25) is 14.7 Å². The van der Waals surface area contributed by atoms with E-state index in [9.17, 15) is 23.1 Å². The van der Waals surface area contributed by atoms with Gasteiger partial charge in [0.25, 0.3) is 0 Å². The van der Waals surface area contributed by atoms with Crippen LogP contribution in [0.15, 0.2) is 42.6 Å². The summed E-state index contributed by atoms with van der Waals surface area (Å²) >= 11 is 0. The molecule has 144 valence electrons. The number of hydrogen-bond acceptors (Lipinski definition) is 3. The monoisotopic (exact) mass is 378 g/mol. The Bertz CT molecular complexity index is 798. The molecule has 1 atom stereocenters. The molecular weight excluding hydrogens is 357 g/mol. The summed E-state index contributed by atoms with van der Waals surface area (Å²) in [4.78, 5) is 17.7. The van der Waals surface area contributed by atoms with Crippen LogP contribution >= 0.6 is 0 Å². The average Bonchev–Trinajstić information content (AvgIpc) is 2.63. The molecule has 1 N–H and O–H groups in total. The highest BCUT2D eigenvalue weighted by Crippen LogP contribution is 2.35. The number of benzene rings is 1. The fourth-order valence-electron chi connectivity index (χ4n) is 3.50. The molecule has 1 aliphatic rings. The van der Waals surface area contributed by atoms with Gasteiger partial charge in [-0.15, -0.1) is 0 Å². The summed E-state index contributed by atoms with van der Waals surface area (Å²) in [5.74, 6) is -1.23. The largest absolute Gasteiger partial charge is 0.481 e. The van der Waals surface area contributed by atoms with Gasteiger partial charge in [-0.25, -0.2) is 0 Å². The van der Waals surface area contributed by atoms with Crippen LogP contribution in [0, 0.1) is 12.8 Å². The first-order valence-corrected chi connectivity index (χ1v) is 8.82. The van der Waals surface area contributed by atoms with E-state index in [1.165, 1.54) is 6.07 Å². The summed E-state index contributed by atoms with van der Waals surface area (Å²) in [5, 5.41) is 9.20. The van der Waals surface area contributed by atoms with E-state index in [2.05, 4.69) is 4.98 Å². The first kappa shape index (κ1) is 19.4. The van der Waals surface area contributed by atoms with E-state index in [0.717, 1.165) is 17.7 Å². The van der Waals surface area contributed by atoms with Gasteiger partial charge in [0, 0.05) is 6.20 Å². The predicted molar refractivity (Wildman–Crippen MR) is 94.2 cm³/mol. The first-order chi connectivity index (χ1) is 12.8. The minimum atomic E-state index is -4.42. The summed E-state index contributed by atoms with van der Waals surface area (Å²) < 4.78 is 39.5.